The number of hydrogen-bond acceptors (Lipinski definition) is 3. The maximum absolute atomic E-state index is 11.0. The maximum atomic E-state index is 11.0. The number of hydrogen-bond donors (Lipinski definition) is 2. The lowest BCUT2D eigenvalue weighted by Crippen LogP contribution is -2.47. The van der Waals surface area contributed by atoms with Crippen LogP contribution in [-0.2, 0) is 9.59 Å². The monoisotopic (exact) mass is 236 g/mol. The van der Waals surface area contributed by atoms with Crippen LogP contribution in [0.25, 0.3) is 0 Å². The zero-order chi connectivity index (χ0) is 12.8. The minimum atomic E-state index is -1.04. The summed E-state index contributed by atoms with van der Waals surface area (Å²) in [6.45, 7) is 1.53. The number of carbonyl (C=O) groups excluding carboxylic acids is 1. The van der Waals surface area contributed by atoms with Gasteiger partial charge in [-0.1, -0.05) is 18.2 Å². The third kappa shape index (κ3) is 4.14. The highest BCUT2D eigenvalue weighted by atomic mass is 16.4. The van der Waals surface area contributed by atoms with Gasteiger partial charge in [-0.2, -0.15) is 0 Å². The highest BCUT2D eigenvalue weighted by Gasteiger charge is 2.20. The molecule has 2 N–H and O–H groups in total. The molecule has 1 atom stereocenters. The molecular weight excluding hydrogens is 220 g/mol. The van der Waals surface area contributed by atoms with Gasteiger partial charge in [-0.05, 0) is 12.1 Å². The molecule has 5 nitrogen and oxygen atoms in total. The molecule has 1 aromatic carbocycles. The summed E-state index contributed by atoms with van der Waals surface area (Å²) in [7, 11) is 1.78. The second kappa shape index (κ2) is 5.89. The Morgan fingerprint density at radius 2 is 1.94 bits per heavy atom. The Bertz CT molecular complexity index is 392. The maximum Gasteiger partial charge on any atom is 0.328 e. The number of carboxylic acids is 1. The fraction of sp³-hybridized carbons (Fsp3) is 0.333. The number of carboxylic acid groups (broad SMARTS) is 1. The van der Waals surface area contributed by atoms with Gasteiger partial charge < -0.3 is 15.3 Å². The Morgan fingerprint density at radius 1 is 1.35 bits per heavy atom. The van der Waals surface area contributed by atoms with Crippen molar-refractivity contribution in [1.29, 1.82) is 0 Å². The predicted octanol–water partition coefficient (Wildman–Crippen LogP) is 0.712. The van der Waals surface area contributed by atoms with Gasteiger partial charge >= 0.3 is 5.97 Å². The quantitative estimate of drug-likeness (QED) is 0.790. The molecule has 0 radical (unpaired) electrons. The zero-order valence-electron chi connectivity index (χ0n) is 9.88. The van der Waals surface area contributed by atoms with Gasteiger partial charge in [0.25, 0.3) is 0 Å². The van der Waals surface area contributed by atoms with Crippen LogP contribution in [0.5, 0.6) is 0 Å². The number of anilines is 1. The van der Waals surface area contributed by atoms with Gasteiger partial charge in [-0.15, -0.1) is 0 Å². The van der Waals surface area contributed by atoms with E-state index in [9.17, 15) is 9.59 Å². The van der Waals surface area contributed by atoms with E-state index in [1.54, 1.807) is 11.9 Å². The summed E-state index contributed by atoms with van der Waals surface area (Å²) in [5, 5.41) is 11.4. The summed E-state index contributed by atoms with van der Waals surface area (Å²) in [5.41, 5.74) is 0.907. The van der Waals surface area contributed by atoms with E-state index in [-0.39, 0.29) is 12.5 Å². The Balaban J connectivity index is 2.67. The van der Waals surface area contributed by atoms with Gasteiger partial charge in [-0.25, -0.2) is 4.79 Å². The van der Waals surface area contributed by atoms with Crippen LogP contribution in [0.3, 0.4) is 0 Å². The van der Waals surface area contributed by atoms with Crippen molar-refractivity contribution in [2.24, 2.45) is 0 Å². The summed E-state index contributed by atoms with van der Waals surface area (Å²) in [6, 6.07) is 8.50. The molecule has 1 amide bonds. The number of benzene rings is 1. The molecule has 0 aliphatic carbocycles. The molecule has 0 aliphatic heterocycles. The number of amides is 1. The lowest BCUT2D eigenvalue weighted by Gasteiger charge is -2.23. The van der Waals surface area contributed by atoms with Gasteiger partial charge in [0, 0.05) is 26.2 Å². The molecular formula is C12H16N2O3. The minimum absolute atomic E-state index is 0.221. The predicted molar refractivity (Wildman–Crippen MR) is 65.0 cm³/mol. The average molecular weight is 236 g/mol. The van der Waals surface area contributed by atoms with Crippen molar-refractivity contribution in [1.82, 2.24) is 5.32 Å². The van der Waals surface area contributed by atoms with E-state index in [2.05, 4.69) is 5.32 Å². The average Bonchev–Trinajstić information content (AvgIpc) is 2.28. The van der Waals surface area contributed by atoms with E-state index in [0.29, 0.717) is 0 Å². The molecule has 0 spiro atoms. The van der Waals surface area contributed by atoms with Crippen LogP contribution in [0.1, 0.15) is 6.92 Å². The van der Waals surface area contributed by atoms with Crippen molar-refractivity contribution in [3.8, 4) is 0 Å². The van der Waals surface area contributed by atoms with Crippen molar-refractivity contribution in [3.05, 3.63) is 30.3 Å². The van der Waals surface area contributed by atoms with Crippen molar-refractivity contribution in [3.63, 3.8) is 0 Å². The molecule has 0 saturated carbocycles. The van der Waals surface area contributed by atoms with Crippen LogP contribution in [0.4, 0.5) is 5.69 Å². The van der Waals surface area contributed by atoms with Crippen LogP contribution >= 0.6 is 0 Å². The molecule has 0 aliphatic rings. The normalized spacial score (nSPS) is 11.6. The SMILES string of the molecule is CC(=O)NC(CN(C)c1ccccc1)C(=O)O. The van der Waals surface area contributed by atoms with E-state index in [1.807, 2.05) is 30.3 Å². The minimum Gasteiger partial charge on any atom is -0.480 e. The van der Waals surface area contributed by atoms with Gasteiger partial charge in [0.1, 0.15) is 6.04 Å². The third-order valence-corrected chi connectivity index (χ3v) is 2.33. The summed E-state index contributed by atoms with van der Waals surface area (Å²) in [5.74, 6) is -1.39. The standard InChI is InChI=1S/C12H16N2O3/c1-9(15)13-11(12(16)17)8-14(2)10-6-4-3-5-7-10/h3-7,11H,8H2,1-2H3,(H,13,15)(H,16,17). The Morgan fingerprint density at radius 3 is 2.41 bits per heavy atom. The first-order valence-electron chi connectivity index (χ1n) is 5.27. The molecule has 1 unspecified atom stereocenters. The molecule has 92 valence electrons. The molecule has 1 aromatic rings. The summed E-state index contributed by atoms with van der Waals surface area (Å²) >= 11 is 0. The summed E-state index contributed by atoms with van der Waals surface area (Å²) in [6.07, 6.45) is 0. The third-order valence-electron chi connectivity index (χ3n) is 2.33. The smallest absolute Gasteiger partial charge is 0.328 e. The molecule has 0 fully saturated rings. The van der Waals surface area contributed by atoms with Crippen molar-refractivity contribution in [2.75, 3.05) is 18.5 Å². The van der Waals surface area contributed by atoms with E-state index < -0.39 is 12.0 Å². The van der Waals surface area contributed by atoms with Crippen LogP contribution in [0.2, 0.25) is 0 Å². The molecule has 0 aromatic heterocycles. The van der Waals surface area contributed by atoms with E-state index >= 15 is 0 Å². The topological polar surface area (TPSA) is 69.6 Å². The molecule has 5 heteroatoms. The first-order valence-corrected chi connectivity index (χ1v) is 5.27. The highest BCUT2D eigenvalue weighted by Crippen LogP contribution is 2.11. The van der Waals surface area contributed by atoms with E-state index in [0.717, 1.165) is 5.69 Å². The fourth-order valence-corrected chi connectivity index (χ4v) is 1.49. The number of para-hydroxylation sites is 1. The number of nitrogens with zero attached hydrogens (tertiary/aromatic N) is 1. The largest absolute Gasteiger partial charge is 0.480 e. The van der Waals surface area contributed by atoms with Gasteiger partial charge in [0.2, 0.25) is 5.91 Å². The van der Waals surface area contributed by atoms with Crippen molar-refractivity contribution < 1.29 is 14.7 Å². The number of aliphatic carboxylic acids is 1. The van der Waals surface area contributed by atoms with Crippen LogP contribution in [0, 0.1) is 0 Å². The number of carbonyl (C=O) groups is 2. The van der Waals surface area contributed by atoms with Crippen molar-refractivity contribution >= 4 is 17.6 Å². The van der Waals surface area contributed by atoms with E-state index in [1.165, 1.54) is 6.92 Å². The second-order valence-corrected chi connectivity index (χ2v) is 3.81. The Hall–Kier alpha value is -2.04. The molecule has 0 saturated heterocycles. The van der Waals surface area contributed by atoms with E-state index in [4.69, 9.17) is 5.11 Å². The Labute approximate surface area is 100 Å². The van der Waals surface area contributed by atoms with Crippen LogP contribution < -0.4 is 10.2 Å². The number of rotatable bonds is 5. The van der Waals surface area contributed by atoms with Gasteiger partial charge in [-0.3, -0.25) is 4.79 Å². The summed E-state index contributed by atoms with van der Waals surface area (Å²) < 4.78 is 0. The van der Waals surface area contributed by atoms with Crippen LogP contribution in [0.15, 0.2) is 30.3 Å². The molecule has 0 bridgehead atoms. The lowest BCUT2D eigenvalue weighted by atomic mass is 10.2. The molecule has 1 rings (SSSR count). The fourth-order valence-electron chi connectivity index (χ4n) is 1.49. The van der Waals surface area contributed by atoms with Gasteiger partial charge in [0.05, 0.1) is 0 Å². The van der Waals surface area contributed by atoms with Gasteiger partial charge in [0.15, 0.2) is 0 Å². The van der Waals surface area contributed by atoms with Crippen LogP contribution in [-0.4, -0.2) is 36.6 Å². The van der Waals surface area contributed by atoms with Crippen molar-refractivity contribution in [2.45, 2.75) is 13.0 Å². The highest BCUT2D eigenvalue weighted by molar-refractivity contribution is 5.82. The first-order chi connectivity index (χ1) is 8.00. The Kier molecular flexibility index (Phi) is 4.51. The molecule has 17 heavy (non-hydrogen) atoms. The first kappa shape index (κ1) is 13.0. The summed E-state index contributed by atoms with van der Waals surface area (Å²) in [4.78, 5) is 23.6. The zero-order valence-corrected chi connectivity index (χ0v) is 9.88. The number of likely N-dealkylation sites (N-methyl/N-ethyl adjacent to an activating group) is 1. The second-order valence-electron chi connectivity index (χ2n) is 3.81. The number of nitrogens with one attached hydrogen (secondary N) is 1. The molecule has 0 heterocycles. The lowest BCUT2D eigenvalue weighted by molar-refractivity contribution is -0.141.